The molecule has 0 saturated heterocycles. The van der Waals surface area contributed by atoms with Crippen molar-refractivity contribution in [3.05, 3.63) is 48.9 Å². The lowest BCUT2D eigenvalue weighted by Crippen LogP contribution is -1.93. The zero-order chi connectivity index (χ0) is 13.1. The molecule has 1 radical (unpaired) electrons. The number of methoxy groups -OCH3 is 2. The summed E-state index contributed by atoms with van der Waals surface area (Å²) in [7, 11) is 3.21. The van der Waals surface area contributed by atoms with Gasteiger partial charge in [0.15, 0.2) is 0 Å². The van der Waals surface area contributed by atoms with E-state index in [4.69, 9.17) is 9.47 Å². The van der Waals surface area contributed by atoms with E-state index in [1.165, 1.54) is 0 Å². The van der Waals surface area contributed by atoms with Gasteiger partial charge in [0.1, 0.15) is 17.2 Å². The first-order valence-electron chi connectivity index (χ1n) is 5.53. The summed E-state index contributed by atoms with van der Waals surface area (Å²) in [6.07, 6.45) is 0. The summed E-state index contributed by atoms with van der Waals surface area (Å²) >= 11 is 0. The van der Waals surface area contributed by atoms with Crippen LogP contribution < -0.4 is 9.47 Å². The smallest absolute Gasteiger partial charge is 0.130 e. The van der Waals surface area contributed by atoms with Crippen LogP contribution in [0.4, 0.5) is 0 Å². The highest BCUT2D eigenvalue weighted by atomic mass is 16.5. The maximum Gasteiger partial charge on any atom is 0.130 e. The molecule has 1 N–H and O–H groups in total. The normalized spacial score (nSPS) is 10.2. The Balaban J connectivity index is 2.64. The van der Waals surface area contributed by atoms with Crippen molar-refractivity contribution < 1.29 is 14.6 Å². The molecule has 0 unspecified atom stereocenters. The van der Waals surface area contributed by atoms with Gasteiger partial charge in [0.05, 0.1) is 19.8 Å². The standard InChI is InChI=1S/C15H15O3/c1-10-7-8-11(9-12(10)16)15-13(17-2)5-4-6-14(15)18-3/h4-9,16H,1H2,2-3H3. The van der Waals surface area contributed by atoms with Gasteiger partial charge < -0.3 is 14.6 Å². The van der Waals surface area contributed by atoms with Gasteiger partial charge in [0.25, 0.3) is 0 Å². The zero-order valence-electron chi connectivity index (χ0n) is 10.4. The maximum absolute atomic E-state index is 9.74. The Morgan fingerprint density at radius 3 is 2.11 bits per heavy atom. The molecule has 0 fully saturated rings. The third kappa shape index (κ3) is 2.12. The number of ether oxygens (including phenoxy) is 2. The third-order valence-corrected chi connectivity index (χ3v) is 2.80. The Morgan fingerprint density at radius 1 is 1.00 bits per heavy atom. The number of benzene rings is 2. The Hall–Kier alpha value is -2.16. The van der Waals surface area contributed by atoms with Gasteiger partial charge in [-0.2, -0.15) is 0 Å². The Bertz CT molecular complexity index is 539. The second-order valence-corrected chi connectivity index (χ2v) is 3.88. The summed E-state index contributed by atoms with van der Waals surface area (Å²) in [5.74, 6) is 1.55. The molecule has 0 spiro atoms. The summed E-state index contributed by atoms with van der Waals surface area (Å²) in [5, 5.41) is 9.74. The molecule has 0 aliphatic rings. The molecule has 93 valence electrons. The molecule has 0 amide bonds. The van der Waals surface area contributed by atoms with E-state index in [-0.39, 0.29) is 5.75 Å². The molecule has 3 heteroatoms. The van der Waals surface area contributed by atoms with E-state index in [0.29, 0.717) is 17.1 Å². The molecule has 3 nitrogen and oxygen atoms in total. The van der Waals surface area contributed by atoms with Crippen LogP contribution in [0.2, 0.25) is 0 Å². The van der Waals surface area contributed by atoms with Crippen molar-refractivity contribution in [3.8, 4) is 28.4 Å². The van der Waals surface area contributed by atoms with Crippen molar-refractivity contribution in [1.82, 2.24) is 0 Å². The van der Waals surface area contributed by atoms with Gasteiger partial charge in [-0.3, -0.25) is 0 Å². The second-order valence-electron chi connectivity index (χ2n) is 3.88. The largest absolute Gasteiger partial charge is 0.508 e. The summed E-state index contributed by atoms with van der Waals surface area (Å²) in [4.78, 5) is 0. The van der Waals surface area contributed by atoms with E-state index in [0.717, 1.165) is 11.1 Å². The minimum Gasteiger partial charge on any atom is -0.508 e. The van der Waals surface area contributed by atoms with Gasteiger partial charge in [-0.05, 0) is 36.2 Å². The fourth-order valence-electron chi connectivity index (χ4n) is 1.86. The van der Waals surface area contributed by atoms with Gasteiger partial charge in [0, 0.05) is 0 Å². The predicted molar refractivity (Wildman–Crippen MR) is 71.1 cm³/mol. The van der Waals surface area contributed by atoms with E-state index >= 15 is 0 Å². The van der Waals surface area contributed by atoms with E-state index in [1.54, 1.807) is 26.4 Å². The van der Waals surface area contributed by atoms with E-state index in [9.17, 15) is 5.11 Å². The molecule has 0 saturated carbocycles. The first-order valence-corrected chi connectivity index (χ1v) is 5.53. The maximum atomic E-state index is 9.74. The van der Waals surface area contributed by atoms with E-state index in [1.807, 2.05) is 24.3 Å². The lowest BCUT2D eigenvalue weighted by Gasteiger charge is -2.13. The molecule has 0 atom stereocenters. The Morgan fingerprint density at radius 2 is 1.61 bits per heavy atom. The molecule has 2 rings (SSSR count). The molecule has 0 bridgehead atoms. The highest BCUT2D eigenvalue weighted by Crippen LogP contribution is 2.39. The zero-order valence-corrected chi connectivity index (χ0v) is 10.4. The molecule has 0 aliphatic heterocycles. The molecule has 2 aromatic carbocycles. The van der Waals surface area contributed by atoms with Gasteiger partial charge >= 0.3 is 0 Å². The van der Waals surface area contributed by atoms with Gasteiger partial charge in [0.2, 0.25) is 0 Å². The van der Waals surface area contributed by atoms with Crippen LogP contribution in [0, 0.1) is 6.92 Å². The Labute approximate surface area is 107 Å². The van der Waals surface area contributed by atoms with Crippen LogP contribution in [-0.2, 0) is 0 Å². The van der Waals surface area contributed by atoms with Gasteiger partial charge in [-0.1, -0.05) is 18.2 Å². The minimum atomic E-state index is 0.153. The summed E-state index contributed by atoms with van der Waals surface area (Å²) in [6, 6.07) is 10.9. The average Bonchev–Trinajstić information content (AvgIpc) is 2.41. The fourth-order valence-corrected chi connectivity index (χ4v) is 1.86. The number of aromatic hydroxyl groups is 1. The predicted octanol–water partition coefficient (Wildman–Crippen LogP) is 3.26. The van der Waals surface area contributed by atoms with Crippen LogP contribution in [0.25, 0.3) is 11.1 Å². The lowest BCUT2D eigenvalue weighted by molar-refractivity contribution is 0.397. The monoisotopic (exact) mass is 243 g/mol. The first kappa shape index (κ1) is 12.3. The third-order valence-electron chi connectivity index (χ3n) is 2.80. The fraction of sp³-hybridized carbons (Fsp3) is 0.133. The molecule has 18 heavy (non-hydrogen) atoms. The van der Waals surface area contributed by atoms with Gasteiger partial charge in [-0.25, -0.2) is 0 Å². The van der Waals surface area contributed by atoms with Crippen molar-refractivity contribution in [2.75, 3.05) is 14.2 Å². The number of hydrogen-bond acceptors (Lipinski definition) is 3. The van der Waals surface area contributed by atoms with Crippen LogP contribution in [0.5, 0.6) is 17.2 Å². The number of hydrogen-bond donors (Lipinski definition) is 1. The van der Waals surface area contributed by atoms with Crippen molar-refractivity contribution in [2.45, 2.75) is 0 Å². The van der Waals surface area contributed by atoms with Crippen molar-refractivity contribution >= 4 is 0 Å². The van der Waals surface area contributed by atoms with Crippen molar-refractivity contribution in [1.29, 1.82) is 0 Å². The number of phenols is 1. The van der Waals surface area contributed by atoms with Crippen LogP contribution in [-0.4, -0.2) is 19.3 Å². The van der Waals surface area contributed by atoms with Crippen molar-refractivity contribution in [2.24, 2.45) is 0 Å². The second kappa shape index (κ2) is 5.00. The Kier molecular flexibility index (Phi) is 3.42. The van der Waals surface area contributed by atoms with E-state index in [2.05, 4.69) is 6.92 Å². The molecular weight excluding hydrogens is 228 g/mol. The van der Waals surface area contributed by atoms with E-state index < -0.39 is 0 Å². The molecule has 0 heterocycles. The minimum absolute atomic E-state index is 0.153. The molecule has 0 aromatic heterocycles. The highest BCUT2D eigenvalue weighted by Gasteiger charge is 2.13. The van der Waals surface area contributed by atoms with Gasteiger partial charge in [-0.15, -0.1) is 0 Å². The average molecular weight is 243 g/mol. The van der Waals surface area contributed by atoms with Crippen LogP contribution in [0.15, 0.2) is 36.4 Å². The SMILES string of the molecule is [CH2]c1ccc(-c2c(OC)cccc2OC)cc1O. The first-order chi connectivity index (χ1) is 8.67. The topological polar surface area (TPSA) is 38.7 Å². The lowest BCUT2D eigenvalue weighted by atomic mass is 10.0. The van der Waals surface area contributed by atoms with Crippen LogP contribution in [0.3, 0.4) is 0 Å². The summed E-state index contributed by atoms with van der Waals surface area (Å²) in [5.41, 5.74) is 2.24. The molecule has 0 aliphatic carbocycles. The van der Waals surface area contributed by atoms with Crippen LogP contribution in [0.1, 0.15) is 5.56 Å². The van der Waals surface area contributed by atoms with Crippen molar-refractivity contribution in [3.63, 3.8) is 0 Å². The summed E-state index contributed by atoms with van der Waals surface area (Å²) < 4.78 is 10.7. The highest BCUT2D eigenvalue weighted by molar-refractivity contribution is 5.78. The number of phenolic OH excluding ortho intramolecular Hbond substituents is 1. The number of rotatable bonds is 3. The quantitative estimate of drug-likeness (QED) is 0.899. The molecular formula is C15H15O3. The van der Waals surface area contributed by atoms with Crippen LogP contribution >= 0.6 is 0 Å². The summed E-state index contributed by atoms with van der Waals surface area (Å²) in [6.45, 7) is 3.73. The molecule has 2 aromatic rings.